The number of halogens is 1. The highest BCUT2D eigenvalue weighted by Gasteiger charge is 2.51. The van der Waals surface area contributed by atoms with Gasteiger partial charge in [-0.25, -0.2) is 4.79 Å². The van der Waals surface area contributed by atoms with E-state index in [-0.39, 0.29) is 0 Å². The third-order valence-corrected chi connectivity index (χ3v) is 6.79. The Morgan fingerprint density at radius 3 is 2.28 bits per heavy atom. The minimum absolute atomic E-state index is 0.354. The molecule has 3 aromatic carbocycles. The lowest BCUT2D eigenvalue weighted by Crippen LogP contribution is -2.19. The van der Waals surface area contributed by atoms with Crippen LogP contribution in [0.3, 0.4) is 0 Å². The van der Waals surface area contributed by atoms with Crippen molar-refractivity contribution < 1.29 is 19.4 Å². The number of hydrogen-bond acceptors (Lipinski definition) is 5. The summed E-state index contributed by atoms with van der Waals surface area (Å²) in [7, 11) is 0. The summed E-state index contributed by atoms with van der Waals surface area (Å²) in [4.78, 5) is 24.1. The molecule has 1 heterocycles. The summed E-state index contributed by atoms with van der Waals surface area (Å²) in [6, 6.07) is 22.4. The smallest absolute Gasteiger partial charge is 0.413 e. The normalized spacial score (nSPS) is 14.6. The van der Waals surface area contributed by atoms with Crippen LogP contribution in [0.25, 0.3) is 16.8 Å². The first-order valence-electron chi connectivity index (χ1n) is 11.4. The van der Waals surface area contributed by atoms with E-state index in [1.54, 1.807) is 19.1 Å². The van der Waals surface area contributed by atoms with E-state index in [9.17, 15) is 14.7 Å². The van der Waals surface area contributed by atoms with Gasteiger partial charge >= 0.3 is 12.1 Å². The number of carbonyl (C=O) groups excluding carboxylic acids is 1. The number of amides is 1. The highest BCUT2D eigenvalue weighted by molar-refractivity contribution is 6.31. The molecule has 2 N–H and O–H groups in total. The first-order chi connectivity index (χ1) is 17.4. The quantitative estimate of drug-likeness (QED) is 0.320. The number of rotatable bonds is 7. The number of carbonyl (C=O) groups is 2. The molecule has 1 saturated carbocycles. The zero-order valence-electron chi connectivity index (χ0n) is 19.4. The number of nitrogens with one attached hydrogen (secondary N) is 1. The maximum atomic E-state index is 12.5. The van der Waals surface area contributed by atoms with Crippen LogP contribution >= 0.6 is 11.6 Å². The zero-order chi connectivity index (χ0) is 25.3. The monoisotopic (exact) mass is 502 g/mol. The lowest BCUT2D eigenvalue weighted by atomic mass is 9.94. The number of nitrogens with zero attached hydrogens (tertiary/aromatic N) is 3. The summed E-state index contributed by atoms with van der Waals surface area (Å²) in [6.45, 7) is 1.74. The van der Waals surface area contributed by atoms with Crippen molar-refractivity contribution in [2.75, 3.05) is 5.32 Å². The molecular formula is C27H23ClN4O4. The van der Waals surface area contributed by atoms with E-state index in [0.29, 0.717) is 34.9 Å². The van der Waals surface area contributed by atoms with E-state index in [0.717, 1.165) is 16.7 Å². The highest BCUT2D eigenvalue weighted by atomic mass is 35.5. The molecule has 0 radical (unpaired) electrons. The summed E-state index contributed by atoms with van der Waals surface area (Å²) in [5.74, 6) is -0.411. The molecule has 1 aliphatic carbocycles. The minimum atomic E-state index is -0.765. The first-order valence-corrected chi connectivity index (χ1v) is 11.8. The summed E-state index contributed by atoms with van der Waals surface area (Å²) >= 11 is 6.19. The third kappa shape index (κ3) is 4.55. The molecule has 0 aliphatic heterocycles. The van der Waals surface area contributed by atoms with Crippen LogP contribution in [0.5, 0.6) is 0 Å². The Labute approximate surface area is 212 Å². The fourth-order valence-corrected chi connectivity index (χ4v) is 4.49. The van der Waals surface area contributed by atoms with Crippen molar-refractivity contribution in [3.8, 4) is 16.8 Å². The van der Waals surface area contributed by atoms with Gasteiger partial charge < -0.3 is 9.84 Å². The number of benzene rings is 3. The standard InChI is InChI=1S/C27H23ClN4O4/c1-17(22-4-2-3-5-23(22)28)36-26(35)30-24-16-29-31-32(24)21-12-8-19(9-13-21)18-6-10-20(11-7-18)27(14-15-27)25(33)34/h2-13,16-17H,14-15H2,1H3,(H,30,35)(H,33,34). The Hall–Kier alpha value is -4.17. The van der Waals surface area contributed by atoms with E-state index in [2.05, 4.69) is 15.6 Å². The van der Waals surface area contributed by atoms with Crippen LogP contribution in [-0.2, 0) is 14.9 Å². The number of carboxylic acids is 1. The second-order valence-corrected chi connectivity index (χ2v) is 9.14. The molecular weight excluding hydrogens is 480 g/mol. The number of anilines is 1. The highest BCUT2D eigenvalue weighted by Crippen LogP contribution is 2.48. The van der Waals surface area contributed by atoms with E-state index in [4.69, 9.17) is 16.3 Å². The lowest BCUT2D eigenvalue weighted by Gasteiger charge is -2.15. The molecule has 4 aromatic rings. The molecule has 0 bridgehead atoms. The number of carboxylic acid groups (broad SMARTS) is 1. The van der Waals surface area contributed by atoms with Gasteiger partial charge in [0.1, 0.15) is 6.10 Å². The second kappa shape index (κ2) is 9.47. The fraction of sp³-hybridized carbons (Fsp3) is 0.185. The van der Waals surface area contributed by atoms with Crippen LogP contribution in [0.4, 0.5) is 10.6 Å². The molecule has 0 spiro atoms. The Kier molecular flexibility index (Phi) is 6.20. The van der Waals surface area contributed by atoms with Gasteiger partial charge in [0, 0.05) is 10.6 Å². The largest absolute Gasteiger partial charge is 0.481 e. The summed E-state index contributed by atoms with van der Waals surface area (Å²) < 4.78 is 6.97. The molecule has 36 heavy (non-hydrogen) atoms. The van der Waals surface area contributed by atoms with Crippen molar-refractivity contribution in [3.63, 3.8) is 0 Å². The van der Waals surface area contributed by atoms with Gasteiger partial charge in [-0.2, -0.15) is 4.68 Å². The van der Waals surface area contributed by atoms with Gasteiger partial charge in [0.2, 0.25) is 0 Å². The SMILES string of the molecule is CC(OC(=O)Nc1cnnn1-c1ccc(-c2ccc(C3(C(=O)O)CC3)cc2)cc1)c1ccccc1Cl. The van der Waals surface area contributed by atoms with Gasteiger partial charge in [-0.3, -0.25) is 10.1 Å². The van der Waals surface area contributed by atoms with Gasteiger partial charge in [-0.1, -0.05) is 71.4 Å². The predicted octanol–water partition coefficient (Wildman–Crippen LogP) is 6.01. The van der Waals surface area contributed by atoms with Crippen LogP contribution in [0.1, 0.15) is 37.0 Å². The van der Waals surface area contributed by atoms with Gasteiger partial charge in [-0.15, -0.1) is 5.10 Å². The Morgan fingerprint density at radius 2 is 1.67 bits per heavy atom. The molecule has 1 atom stereocenters. The van der Waals surface area contributed by atoms with Gasteiger partial charge in [0.25, 0.3) is 0 Å². The van der Waals surface area contributed by atoms with Crippen LogP contribution in [0.15, 0.2) is 79.0 Å². The van der Waals surface area contributed by atoms with E-state index in [1.165, 1.54) is 10.9 Å². The average Bonchev–Trinajstić information content (AvgIpc) is 3.58. The first kappa shape index (κ1) is 23.6. The second-order valence-electron chi connectivity index (χ2n) is 8.74. The topological polar surface area (TPSA) is 106 Å². The third-order valence-electron chi connectivity index (χ3n) is 6.45. The van der Waals surface area contributed by atoms with Crippen LogP contribution < -0.4 is 5.32 Å². The number of ether oxygens (including phenoxy) is 1. The molecule has 0 saturated heterocycles. The van der Waals surface area contributed by atoms with Crippen molar-refractivity contribution >= 4 is 29.5 Å². The molecule has 182 valence electrons. The van der Waals surface area contributed by atoms with Crippen LogP contribution in [0, 0.1) is 0 Å². The molecule has 1 aliphatic rings. The lowest BCUT2D eigenvalue weighted by molar-refractivity contribution is -0.140. The zero-order valence-corrected chi connectivity index (χ0v) is 20.1. The average molecular weight is 503 g/mol. The number of hydrogen-bond donors (Lipinski definition) is 2. The molecule has 5 rings (SSSR count). The number of aliphatic carboxylic acids is 1. The van der Waals surface area contributed by atoms with Crippen molar-refractivity contribution in [1.82, 2.24) is 15.0 Å². The minimum Gasteiger partial charge on any atom is -0.481 e. The summed E-state index contributed by atoms with van der Waals surface area (Å²) in [5, 5.41) is 20.7. The van der Waals surface area contributed by atoms with Crippen LogP contribution in [-0.4, -0.2) is 32.2 Å². The number of aromatic nitrogens is 3. The maximum absolute atomic E-state index is 12.5. The van der Waals surface area contributed by atoms with E-state index >= 15 is 0 Å². The van der Waals surface area contributed by atoms with E-state index < -0.39 is 23.6 Å². The van der Waals surface area contributed by atoms with Crippen molar-refractivity contribution in [3.05, 3.63) is 95.1 Å². The maximum Gasteiger partial charge on any atom is 0.413 e. The van der Waals surface area contributed by atoms with Crippen molar-refractivity contribution in [1.29, 1.82) is 0 Å². The Balaban J connectivity index is 1.27. The van der Waals surface area contributed by atoms with Crippen molar-refractivity contribution in [2.24, 2.45) is 0 Å². The molecule has 1 fully saturated rings. The molecule has 9 heteroatoms. The summed E-state index contributed by atoms with van der Waals surface area (Å²) in [5.41, 5.74) is 3.47. The fourth-order valence-electron chi connectivity index (χ4n) is 4.20. The van der Waals surface area contributed by atoms with Crippen molar-refractivity contribution in [2.45, 2.75) is 31.3 Å². The van der Waals surface area contributed by atoms with Crippen LogP contribution in [0.2, 0.25) is 5.02 Å². The molecule has 1 unspecified atom stereocenters. The molecule has 1 aromatic heterocycles. The Bertz CT molecular complexity index is 1410. The van der Waals surface area contributed by atoms with E-state index in [1.807, 2.05) is 60.7 Å². The van der Waals surface area contributed by atoms with Gasteiger partial charge in [0.05, 0.1) is 17.3 Å². The summed E-state index contributed by atoms with van der Waals surface area (Å²) in [6.07, 6.45) is 1.59. The van der Waals surface area contributed by atoms with Gasteiger partial charge in [-0.05, 0) is 54.7 Å². The predicted molar refractivity (Wildman–Crippen MR) is 135 cm³/mol. The Morgan fingerprint density at radius 1 is 1.03 bits per heavy atom. The molecule has 8 nitrogen and oxygen atoms in total. The molecule has 1 amide bonds. The van der Waals surface area contributed by atoms with Gasteiger partial charge in [0.15, 0.2) is 5.82 Å².